The first kappa shape index (κ1) is 12.6. The van der Waals surface area contributed by atoms with Crippen molar-refractivity contribution in [1.82, 2.24) is 9.03 Å². The first-order valence-electron chi connectivity index (χ1n) is 4.55. The summed E-state index contributed by atoms with van der Waals surface area (Å²) < 4.78 is 27.4. The second-order valence-corrected chi connectivity index (χ2v) is 6.47. The summed E-state index contributed by atoms with van der Waals surface area (Å²) >= 11 is 4.01. The van der Waals surface area contributed by atoms with E-state index in [0.29, 0.717) is 13.1 Å². The summed E-state index contributed by atoms with van der Waals surface area (Å²) in [6.07, 6.45) is 4.29. The van der Waals surface area contributed by atoms with E-state index in [1.807, 2.05) is 0 Å². The van der Waals surface area contributed by atoms with E-state index in [2.05, 4.69) is 16.4 Å². The Morgan fingerprint density at radius 1 is 1.50 bits per heavy atom. The van der Waals surface area contributed by atoms with Crippen molar-refractivity contribution in [3.63, 3.8) is 0 Å². The van der Waals surface area contributed by atoms with Crippen LogP contribution in [-0.4, -0.2) is 38.1 Å². The van der Waals surface area contributed by atoms with Gasteiger partial charge in [-0.25, -0.2) is 12.7 Å². The molecule has 1 heterocycles. The van der Waals surface area contributed by atoms with Crippen molar-refractivity contribution < 1.29 is 8.42 Å². The van der Waals surface area contributed by atoms with Crippen LogP contribution >= 0.6 is 22.6 Å². The van der Waals surface area contributed by atoms with Crippen LogP contribution in [0.4, 0.5) is 0 Å². The van der Waals surface area contributed by atoms with E-state index in [1.165, 1.54) is 17.2 Å². The first-order valence-corrected chi connectivity index (χ1v) is 8.27. The highest BCUT2D eigenvalue weighted by Gasteiger charge is 2.23. The molecule has 1 fully saturated rings. The average Bonchev–Trinajstić information content (AvgIpc) is 2.29. The standard InChI is InChI=1S/C7H16N2O2S3/c1-14(10,11)9-5-3-2-4-7(6-9)8-13-12/h7-8,12H,2-6H2,1H3. The Hall–Kier alpha value is 0.570. The molecule has 0 saturated carbocycles. The van der Waals surface area contributed by atoms with Crippen molar-refractivity contribution in [2.45, 2.75) is 25.3 Å². The third kappa shape index (κ3) is 3.98. The molecular weight excluding hydrogens is 240 g/mol. The van der Waals surface area contributed by atoms with Crippen molar-refractivity contribution in [3.05, 3.63) is 0 Å². The van der Waals surface area contributed by atoms with Crippen molar-refractivity contribution in [3.8, 4) is 0 Å². The lowest BCUT2D eigenvalue weighted by Crippen LogP contribution is -2.39. The SMILES string of the molecule is CS(=O)(=O)N1CCCCC(NSS)C1. The van der Waals surface area contributed by atoms with Gasteiger partial charge in [-0.3, -0.25) is 4.72 Å². The summed E-state index contributed by atoms with van der Waals surface area (Å²) in [6, 6.07) is 0.217. The lowest BCUT2D eigenvalue weighted by Gasteiger charge is -2.21. The van der Waals surface area contributed by atoms with Crippen LogP contribution < -0.4 is 4.72 Å². The van der Waals surface area contributed by atoms with Gasteiger partial charge < -0.3 is 0 Å². The molecule has 0 radical (unpaired) electrons. The maximum Gasteiger partial charge on any atom is 0.211 e. The number of hydrogen-bond donors (Lipinski definition) is 2. The number of nitrogens with zero attached hydrogens (tertiary/aromatic N) is 1. The van der Waals surface area contributed by atoms with E-state index in [-0.39, 0.29) is 6.04 Å². The van der Waals surface area contributed by atoms with Crippen molar-refractivity contribution in [1.29, 1.82) is 0 Å². The highest BCUT2D eigenvalue weighted by Crippen LogP contribution is 2.15. The second-order valence-electron chi connectivity index (χ2n) is 3.52. The molecule has 0 bridgehead atoms. The average molecular weight is 256 g/mol. The molecule has 1 rings (SSSR count). The van der Waals surface area contributed by atoms with Gasteiger partial charge in [0.25, 0.3) is 0 Å². The van der Waals surface area contributed by atoms with Gasteiger partial charge in [0.05, 0.1) is 6.26 Å². The molecule has 1 aliphatic heterocycles. The van der Waals surface area contributed by atoms with Gasteiger partial charge in [-0.15, -0.1) is 0 Å². The molecule has 1 aliphatic rings. The van der Waals surface area contributed by atoms with Gasteiger partial charge in [0.2, 0.25) is 10.0 Å². The number of sulfonamides is 1. The van der Waals surface area contributed by atoms with E-state index < -0.39 is 10.0 Å². The maximum atomic E-state index is 11.4. The molecule has 0 aliphatic carbocycles. The van der Waals surface area contributed by atoms with Crippen molar-refractivity contribution >= 4 is 32.7 Å². The Labute approximate surface area is 94.8 Å². The summed E-state index contributed by atoms with van der Waals surface area (Å²) in [5.41, 5.74) is 0. The Bertz CT molecular complexity index is 268. The van der Waals surface area contributed by atoms with Gasteiger partial charge >= 0.3 is 0 Å². The lowest BCUT2D eigenvalue weighted by molar-refractivity contribution is 0.402. The molecule has 7 heteroatoms. The topological polar surface area (TPSA) is 49.4 Å². The zero-order valence-corrected chi connectivity index (χ0v) is 10.7. The summed E-state index contributed by atoms with van der Waals surface area (Å²) in [4.78, 5) is 0. The minimum Gasteiger partial charge on any atom is -0.251 e. The van der Waals surface area contributed by atoms with Gasteiger partial charge in [-0.05, 0) is 23.8 Å². The van der Waals surface area contributed by atoms with Crippen molar-refractivity contribution in [2.24, 2.45) is 0 Å². The van der Waals surface area contributed by atoms with Gasteiger partial charge in [0.1, 0.15) is 0 Å². The molecular formula is C7H16N2O2S3. The molecule has 1 unspecified atom stereocenters. The molecule has 1 N–H and O–H groups in total. The molecule has 1 atom stereocenters. The lowest BCUT2D eigenvalue weighted by atomic mass is 10.2. The van der Waals surface area contributed by atoms with E-state index in [4.69, 9.17) is 0 Å². The summed E-state index contributed by atoms with van der Waals surface area (Å²) in [7, 11) is -1.79. The van der Waals surface area contributed by atoms with Crippen LogP contribution in [0.15, 0.2) is 0 Å². The maximum absolute atomic E-state index is 11.4. The van der Waals surface area contributed by atoms with Gasteiger partial charge in [0.15, 0.2) is 0 Å². The fraction of sp³-hybridized carbons (Fsp3) is 1.00. The smallest absolute Gasteiger partial charge is 0.211 e. The fourth-order valence-corrected chi connectivity index (χ4v) is 3.28. The quantitative estimate of drug-likeness (QED) is 0.447. The Balaban J connectivity index is 2.60. The number of rotatable bonds is 3. The third-order valence-corrected chi connectivity index (χ3v) is 4.35. The number of thiol groups is 1. The summed E-state index contributed by atoms with van der Waals surface area (Å²) in [5.74, 6) is 0. The second kappa shape index (κ2) is 5.60. The fourth-order valence-electron chi connectivity index (χ4n) is 1.58. The number of hydrogen-bond acceptors (Lipinski definition) is 5. The predicted octanol–water partition coefficient (Wildman–Crippen LogP) is 0.883. The van der Waals surface area contributed by atoms with E-state index in [9.17, 15) is 8.42 Å². The van der Waals surface area contributed by atoms with Gasteiger partial charge in [-0.2, -0.15) is 0 Å². The zero-order valence-electron chi connectivity index (χ0n) is 8.14. The normalized spacial score (nSPS) is 26.0. The van der Waals surface area contributed by atoms with E-state index >= 15 is 0 Å². The summed E-state index contributed by atoms with van der Waals surface area (Å²) in [6.45, 7) is 1.21. The molecule has 84 valence electrons. The van der Waals surface area contributed by atoms with Crippen LogP contribution in [0.5, 0.6) is 0 Å². The molecule has 0 amide bonds. The highest BCUT2D eigenvalue weighted by molar-refractivity contribution is 8.67. The summed E-state index contributed by atoms with van der Waals surface area (Å²) in [5, 5.41) is 0. The minimum atomic E-state index is -3.04. The number of nitrogens with one attached hydrogen (secondary N) is 1. The highest BCUT2D eigenvalue weighted by atomic mass is 33.1. The molecule has 0 aromatic heterocycles. The molecule has 0 spiro atoms. The van der Waals surface area contributed by atoms with E-state index in [0.717, 1.165) is 19.3 Å². The molecule has 4 nitrogen and oxygen atoms in total. The molecule has 14 heavy (non-hydrogen) atoms. The molecule has 0 aromatic carbocycles. The van der Waals surface area contributed by atoms with Crippen LogP contribution in [0.3, 0.4) is 0 Å². The Kier molecular flexibility index (Phi) is 5.05. The van der Waals surface area contributed by atoms with Crippen molar-refractivity contribution in [2.75, 3.05) is 19.3 Å². The monoisotopic (exact) mass is 256 g/mol. The zero-order chi connectivity index (χ0) is 10.6. The third-order valence-electron chi connectivity index (χ3n) is 2.32. The Morgan fingerprint density at radius 3 is 2.79 bits per heavy atom. The van der Waals surface area contributed by atoms with Gasteiger partial charge in [0, 0.05) is 19.1 Å². The Morgan fingerprint density at radius 2 is 2.21 bits per heavy atom. The van der Waals surface area contributed by atoms with Crippen LogP contribution in [0.25, 0.3) is 0 Å². The van der Waals surface area contributed by atoms with Crippen LogP contribution in [0.1, 0.15) is 19.3 Å². The molecule has 0 aromatic rings. The molecule has 1 saturated heterocycles. The van der Waals surface area contributed by atoms with Crippen LogP contribution in [-0.2, 0) is 10.0 Å². The van der Waals surface area contributed by atoms with Crippen LogP contribution in [0, 0.1) is 0 Å². The van der Waals surface area contributed by atoms with E-state index in [1.54, 1.807) is 4.31 Å². The van der Waals surface area contributed by atoms with Crippen LogP contribution in [0.2, 0.25) is 0 Å². The predicted molar refractivity (Wildman–Crippen MR) is 63.8 cm³/mol. The minimum absolute atomic E-state index is 0.217. The largest absolute Gasteiger partial charge is 0.251 e. The first-order chi connectivity index (χ1) is 6.54. The van der Waals surface area contributed by atoms with Gasteiger partial charge in [-0.1, -0.05) is 18.1 Å².